The number of aromatic nitrogens is 5. The second-order valence-electron chi connectivity index (χ2n) is 9.78. The molecule has 0 saturated carbocycles. The van der Waals surface area contributed by atoms with E-state index in [0.717, 1.165) is 77.3 Å². The van der Waals surface area contributed by atoms with Crippen LogP contribution in [0.4, 0.5) is 0 Å². The molecule has 5 heterocycles. The first-order valence-corrected chi connectivity index (χ1v) is 13.2. The first-order chi connectivity index (χ1) is 19.8. The van der Waals surface area contributed by atoms with E-state index >= 15 is 0 Å². The molecular weight excluding hydrogens is 490 g/mol. The van der Waals surface area contributed by atoms with E-state index in [-0.39, 0.29) is 0 Å². The Kier molecular flexibility index (Phi) is 5.07. The van der Waals surface area contributed by atoms with Gasteiger partial charge in [-0.15, -0.1) is 0 Å². The SMILES string of the molecule is c1ccc(-c2cc(-c3ccnc4c3ccc3cccnc34)nc(-c3ccnc4c3ccc3cccnc34)c2)cc1. The lowest BCUT2D eigenvalue weighted by atomic mass is 9.97. The van der Waals surface area contributed by atoms with Crippen molar-refractivity contribution < 1.29 is 0 Å². The average molecular weight is 512 g/mol. The van der Waals surface area contributed by atoms with Gasteiger partial charge in [-0.2, -0.15) is 0 Å². The number of hydrogen-bond donors (Lipinski definition) is 0. The highest BCUT2D eigenvalue weighted by Gasteiger charge is 2.15. The summed E-state index contributed by atoms with van der Waals surface area (Å²) in [6.45, 7) is 0. The zero-order chi connectivity index (χ0) is 26.5. The molecule has 0 aliphatic carbocycles. The number of benzene rings is 3. The van der Waals surface area contributed by atoms with Crippen LogP contribution in [-0.2, 0) is 0 Å². The molecule has 0 radical (unpaired) electrons. The summed E-state index contributed by atoms with van der Waals surface area (Å²) in [6, 6.07) is 35.3. The van der Waals surface area contributed by atoms with Crippen LogP contribution in [0.1, 0.15) is 0 Å². The minimum atomic E-state index is 0.871. The van der Waals surface area contributed by atoms with Gasteiger partial charge in [0.05, 0.1) is 33.5 Å². The normalized spacial score (nSPS) is 11.5. The summed E-state index contributed by atoms with van der Waals surface area (Å²) in [5.74, 6) is 0. The van der Waals surface area contributed by atoms with Crippen LogP contribution in [0.15, 0.2) is 128 Å². The lowest BCUT2D eigenvalue weighted by Gasteiger charge is -2.14. The Bertz CT molecular complexity index is 2090. The molecule has 8 aromatic rings. The average Bonchev–Trinajstić information content (AvgIpc) is 3.04. The number of nitrogens with zero attached hydrogens (tertiary/aromatic N) is 5. The highest BCUT2D eigenvalue weighted by Crippen LogP contribution is 2.37. The summed E-state index contributed by atoms with van der Waals surface area (Å²) in [4.78, 5) is 24.0. The predicted molar refractivity (Wildman–Crippen MR) is 162 cm³/mol. The molecule has 0 bridgehead atoms. The van der Waals surface area contributed by atoms with Gasteiger partial charge >= 0.3 is 0 Å². The van der Waals surface area contributed by atoms with Gasteiger partial charge in [-0.1, -0.05) is 66.7 Å². The standard InChI is InChI=1S/C35H21N5/c1-2-6-22(7-3-1)25-20-30(26-14-18-38-34-28(26)12-10-23-8-4-16-36-32(23)34)40-31(21-25)27-15-19-39-35-29(27)13-11-24-9-5-17-37-33(24)35/h1-21H. The molecule has 0 fully saturated rings. The topological polar surface area (TPSA) is 64.5 Å². The molecule has 0 aliphatic heterocycles. The summed E-state index contributed by atoms with van der Waals surface area (Å²) in [6.07, 6.45) is 7.33. The molecule has 0 saturated heterocycles. The molecule has 8 rings (SSSR count). The van der Waals surface area contributed by atoms with E-state index in [1.807, 2.05) is 55.1 Å². The fourth-order valence-electron chi connectivity index (χ4n) is 5.56. The molecule has 5 aromatic heterocycles. The van der Waals surface area contributed by atoms with Crippen LogP contribution < -0.4 is 0 Å². The maximum absolute atomic E-state index is 5.26. The number of pyridine rings is 5. The van der Waals surface area contributed by atoms with E-state index in [0.29, 0.717) is 0 Å². The molecule has 0 spiro atoms. The van der Waals surface area contributed by atoms with Gasteiger partial charge < -0.3 is 0 Å². The first kappa shape index (κ1) is 22.4. The first-order valence-electron chi connectivity index (χ1n) is 13.2. The second-order valence-corrected chi connectivity index (χ2v) is 9.78. The van der Waals surface area contributed by atoms with E-state index in [4.69, 9.17) is 15.0 Å². The van der Waals surface area contributed by atoms with Crippen molar-refractivity contribution >= 4 is 43.6 Å². The van der Waals surface area contributed by atoms with Gasteiger partial charge in [0.1, 0.15) is 0 Å². The summed E-state index contributed by atoms with van der Waals surface area (Å²) >= 11 is 0. The van der Waals surface area contributed by atoms with Crippen molar-refractivity contribution in [1.82, 2.24) is 24.9 Å². The largest absolute Gasteiger partial charge is 0.254 e. The van der Waals surface area contributed by atoms with Crippen molar-refractivity contribution in [2.45, 2.75) is 0 Å². The Hall–Kier alpha value is -5.55. The van der Waals surface area contributed by atoms with Crippen molar-refractivity contribution in [3.8, 4) is 33.6 Å². The smallest absolute Gasteiger partial charge is 0.0971 e. The van der Waals surface area contributed by atoms with Gasteiger partial charge in [0.15, 0.2) is 0 Å². The van der Waals surface area contributed by atoms with E-state index in [2.05, 4.69) is 82.8 Å². The molecule has 0 atom stereocenters. The number of fused-ring (bicyclic) bond motifs is 6. The third kappa shape index (κ3) is 3.60. The molecule has 0 N–H and O–H groups in total. The maximum Gasteiger partial charge on any atom is 0.0971 e. The molecular formula is C35H21N5. The highest BCUT2D eigenvalue weighted by atomic mass is 14.8. The van der Waals surface area contributed by atoms with Crippen molar-refractivity contribution in [3.05, 3.63) is 128 Å². The zero-order valence-corrected chi connectivity index (χ0v) is 21.4. The zero-order valence-electron chi connectivity index (χ0n) is 21.4. The van der Waals surface area contributed by atoms with Crippen LogP contribution in [0.2, 0.25) is 0 Å². The van der Waals surface area contributed by atoms with E-state index < -0.39 is 0 Å². The van der Waals surface area contributed by atoms with E-state index in [1.54, 1.807) is 0 Å². The fourth-order valence-corrected chi connectivity index (χ4v) is 5.56. The Morgan fingerprint density at radius 2 is 0.900 bits per heavy atom. The van der Waals surface area contributed by atoms with Gasteiger partial charge in [-0.3, -0.25) is 19.9 Å². The molecule has 0 unspecified atom stereocenters. The minimum Gasteiger partial charge on any atom is -0.254 e. The van der Waals surface area contributed by atoms with E-state index in [9.17, 15) is 0 Å². The lowest BCUT2D eigenvalue weighted by molar-refractivity contribution is 1.31. The molecule has 0 aliphatic rings. The van der Waals surface area contributed by atoms with E-state index in [1.165, 1.54) is 0 Å². The summed E-state index contributed by atoms with van der Waals surface area (Å²) in [5.41, 5.74) is 9.53. The Morgan fingerprint density at radius 3 is 1.45 bits per heavy atom. The second kappa shape index (κ2) is 9.03. The molecule has 5 nitrogen and oxygen atoms in total. The quantitative estimate of drug-likeness (QED) is 0.223. The molecule has 40 heavy (non-hydrogen) atoms. The van der Waals surface area contributed by atoms with Crippen LogP contribution >= 0.6 is 0 Å². The maximum atomic E-state index is 5.26. The van der Waals surface area contributed by atoms with Crippen molar-refractivity contribution in [1.29, 1.82) is 0 Å². The van der Waals surface area contributed by atoms with Gasteiger partial charge in [-0.25, -0.2) is 4.98 Å². The van der Waals surface area contributed by atoms with Gasteiger partial charge in [0.2, 0.25) is 0 Å². The van der Waals surface area contributed by atoms with Crippen molar-refractivity contribution in [2.75, 3.05) is 0 Å². The Balaban J connectivity index is 1.42. The molecule has 0 amide bonds. The molecule has 3 aromatic carbocycles. The molecule has 186 valence electrons. The number of hydrogen-bond acceptors (Lipinski definition) is 5. The Labute approximate surface area is 229 Å². The molecule has 5 heteroatoms. The lowest BCUT2D eigenvalue weighted by Crippen LogP contribution is -1.95. The summed E-state index contributed by atoms with van der Waals surface area (Å²) in [7, 11) is 0. The van der Waals surface area contributed by atoms with Gasteiger partial charge in [0.25, 0.3) is 0 Å². The Morgan fingerprint density at radius 1 is 0.375 bits per heavy atom. The van der Waals surface area contributed by atoms with Crippen molar-refractivity contribution in [3.63, 3.8) is 0 Å². The third-order valence-electron chi connectivity index (χ3n) is 7.45. The highest BCUT2D eigenvalue weighted by molar-refractivity contribution is 6.09. The van der Waals surface area contributed by atoms with Crippen LogP contribution in [0.25, 0.3) is 77.3 Å². The van der Waals surface area contributed by atoms with Gasteiger partial charge in [0, 0.05) is 57.5 Å². The fraction of sp³-hybridized carbons (Fsp3) is 0. The predicted octanol–water partition coefficient (Wildman–Crippen LogP) is 8.28. The van der Waals surface area contributed by atoms with Gasteiger partial charge in [-0.05, 0) is 47.5 Å². The van der Waals surface area contributed by atoms with Crippen LogP contribution in [0.5, 0.6) is 0 Å². The van der Waals surface area contributed by atoms with Crippen LogP contribution in [0.3, 0.4) is 0 Å². The van der Waals surface area contributed by atoms with Crippen LogP contribution in [0, 0.1) is 0 Å². The number of rotatable bonds is 3. The van der Waals surface area contributed by atoms with Crippen LogP contribution in [-0.4, -0.2) is 24.9 Å². The minimum absolute atomic E-state index is 0.871. The summed E-state index contributed by atoms with van der Waals surface area (Å²) < 4.78 is 0. The van der Waals surface area contributed by atoms with Crippen molar-refractivity contribution in [2.24, 2.45) is 0 Å². The summed E-state index contributed by atoms with van der Waals surface area (Å²) in [5, 5.41) is 4.17. The monoisotopic (exact) mass is 511 g/mol. The third-order valence-corrected chi connectivity index (χ3v) is 7.45.